The first kappa shape index (κ1) is 11.4. The fourth-order valence-corrected chi connectivity index (χ4v) is 2.08. The lowest BCUT2D eigenvalue weighted by Crippen LogP contribution is -2.39. The minimum Gasteiger partial charge on any atom is -0.496 e. The van der Waals surface area contributed by atoms with E-state index in [9.17, 15) is 0 Å². The fraction of sp³-hybridized carbons (Fsp3) is 0.538. The number of aryl methyl sites for hydroxylation is 1. The molecule has 0 radical (unpaired) electrons. The van der Waals surface area contributed by atoms with Crippen molar-refractivity contribution in [2.24, 2.45) is 0 Å². The van der Waals surface area contributed by atoms with Crippen LogP contribution in [0.3, 0.4) is 0 Å². The number of morpholine rings is 1. The molecule has 1 saturated heterocycles. The third-order valence-corrected chi connectivity index (χ3v) is 2.93. The molecule has 16 heavy (non-hydrogen) atoms. The zero-order chi connectivity index (χ0) is 11.4. The summed E-state index contributed by atoms with van der Waals surface area (Å²) >= 11 is 0. The Kier molecular flexibility index (Phi) is 3.80. The van der Waals surface area contributed by atoms with E-state index in [4.69, 9.17) is 9.47 Å². The monoisotopic (exact) mass is 221 g/mol. The quantitative estimate of drug-likeness (QED) is 0.839. The molecule has 1 unspecified atom stereocenters. The molecule has 1 atom stereocenters. The molecule has 0 spiro atoms. The van der Waals surface area contributed by atoms with Gasteiger partial charge in [0, 0.05) is 13.1 Å². The number of ether oxygens (including phenoxy) is 2. The summed E-state index contributed by atoms with van der Waals surface area (Å²) in [6.07, 6.45) is 1.28. The summed E-state index contributed by atoms with van der Waals surface area (Å²) in [5.74, 6) is 0.950. The molecule has 1 aliphatic rings. The molecular formula is C13H19NO2. The van der Waals surface area contributed by atoms with Crippen LogP contribution in [0, 0.1) is 6.92 Å². The van der Waals surface area contributed by atoms with Crippen molar-refractivity contribution in [1.82, 2.24) is 5.32 Å². The Morgan fingerprint density at radius 3 is 3.00 bits per heavy atom. The highest BCUT2D eigenvalue weighted by atomic mass is 16.5. The molecule has 0 aliphatic carbocycles. The molecule has 0 amide bonds. The van der Waals surface area contributed by atoms with Crippen molar-refractivity contribution < 1.29 is 9.47 Å². The predicted molar refractivity (Wildman–Crippen MR) is 64.0 cm³/mol. The smallest absolute Gasteiger partial charge is 0.121 e. The second-order valence-corrected chi connectivity index (χ2v) is 4.21. The third-order valence-electron chi connectivity index (χ3n) is 2.93. The van der Waals surface area contributed by atoms with Crippen LogP contribution in [0.4, 0.5) is 0 Å². The summed E-state index contributed by atoms with van der Waals surface area (Å²) in [5, 5.41) is 3.34. The van der Waals surface area contributed by atoms with Crippen molar-refractivity contribution >= 4 is 0 Å². The second kappa shape index (κ2) is 5.32. The molecule has 88 valence electrons. The van der Waals surface area contributed by atoms with E-state index >= 15 is 0 Å². The standard InChI is InChI=1S/C13H19NO2/c1-10-7-11(3-4-13(10)15-2)8-12-9-14-5-6-16-12/h3-4,7,12,14H,5-6,8-9H2,1-2H3. The van der Waals surface area contributed by atoms with Gasteiger partial charge in [0.15, 0.2) is 0 Å². The van der Waals surface area contributed by atoms with Crippen LogP contribution in [0.25, 0.3) is 0 Å². The summed E-state index contributed by atoms with van der Waals surface area (Å²) in [4.78, 5) is 0. The molecule has 3 heteroatoms. The van der Waals surface area contributed by atoms with Gasteiger partial charge in [0.05, 0.1) is 19.8 Å². The van der Waals surface area contributed by atoms with E-state index in [0.717, 1.165) is 31.9 Å². The Morgan fingerprint density at radius 2 is 2.38 bits per heavy atom. The highest BCUT2D eigenvalue weighted by molar-refractivity contribution is 5.36. The maximum Gasteiger partial charge on any atom is 0.121 e. The fourth-order valence-electron chi connectivity index (χ4n) is 2.08. The topological polar surface area (TPSA) is 30.5 Å². The minimum absolute atomic E-state index is 0.307. The largest absolute Gasteiger partial charge is 0.496 e. The van der Waals surface area contributed by atoms with Crippen molar-refractivity contribution in [2.45, 2.75) is 19.4 Å². The molecule has 1 aromatic rings. The number of methoxy groups -OCH3 is 1. The SMILES string of the molecule is COc1ccc(CC2CNCCO2)cc1C. The number of hydrogen-bond donors (Lipinski definition) is 1. The highest BCUT2D eigenvalue weighted by Gasteiger charge is 2.14. The van der Waals surface area contributed by atoms with E-state index in [1.807, 2.05) is 6.07 Å². The van der Waals surface area contributed by atoms with E-state index < -0.39 is 0 Å². The van der Waals surface area contributed by atoms with Gasteiger partial charge < -0.3 is 14.8 Å². The normalized spacial score (nSPS) is 20.8. The Labute approximate surface area is 96.8 Å². The van der Waals surface area contributed by atoms with Crippen molar-refractivity contribution in [3.63, 3.8) is 0 Å². The van der Waals surface area contributed by atoms with Crippen molar-refractivity contribution in [2.75, 3.05) is 26.8 Å². The molecule has 1 aromatic carbocycles. The molecule has 0 saturated carbocycles. The lowest BCUT2D eigenvalue weighted by Gasteiger charge is -2.23. The van der Waals surface area contributed by atoms with E-state index in [-0.39, 0.29) is 0 Å². The zero-order valence-corrected chi connectivity index (χ0v) is 9.95. The molecule has 2 rings (SSSR count). The van der Waals surface area contributed by atoms with E-state index in [1.165, 1.54) is 11.1 Å². The van der Waals surface area contributed by atoms with Gasteiger partial charge in [0.1, 0.15) is 5.75 Å². The first-order valence-corrected chi connectivity index (χ1v) is 5.75. The van der Waals surface area contributed by atoms with Crippen molar-refractivity contribution in [3.05, 3.63) is 29.3 Å². The van der Waals surface area contributed by atoms with Crippen LogP contribution in [-0.2, 0) is 11.2 Å². The molecule has 1 N–H and O–H groups in total. The minimum atomic E-state index is 0.307. The van der Waals surface area contributed by atoms with E-state index in [1.54, 1.807) is 7.11 Å². The number of nitrogens with one attached hydrogen (secondary N) is 1. The van der Waals surface area contributed by atoms with E-state index in [0.29, 0.717) is 6.10 Å². The van der Waals surface area contributed by atoms with Crippen LogP contribution in [-0.4, -0.2) is 32.9 Å². The molecule has 0 bridgehead atoms. The Bertz CT molecular complexity index is 346. The lowest BCUT2D eigenvalue weighted by atomic mass is 10.0. The van der Waals surface area contributed by atoms with Crippen LogP contribution in [0.1, 0.15) is 11.1 Å². The van der Waals surface area contributed by atoms with Gasteiger partial charge in [-0.15, -0.1) is 0 Å². The Hall–Kier alpha value is -1.06. The first-order valence-electron chi connectivity index (χ1n) is 5.75. The van der Waals surface area contributed by atoms with Crippen LogP contribution < -0.4 is 10.1 Å². The molecule has 3 nitrogen and oxygen atoms in total. The van der Waals surface area contributed by atoms with Crippen LogP contribution in [0.15, 0.2) is 18.2 Å². The second-order valence-electron chi connectivity index (χ2n) is 4.21. The van der Waals surface area contributed by atoms with Crippen molar-refractivity contribution in [3.8, 4) is 5.75 Å². The molecule has 1 fully saturated rings. The third kappa shape index (κ3) is 2.74. The van der Waals surface area contributed by atoms with Gasteiger partial charge in [0.25, 0.3) is 0 Å². The lowest BCUT2D eigenvalue weighted by molar-refractivity contribution is 0.0292. The maximum absolute atomic E-state index is 5.68. The molecule has 1 aliphatic heterocycles. The van der Waals surface area contributed by atoms with Crippen LogP contribution in [0.2, 0.25) is 0 Å². The summed E-state index contributed by atoms with van der Waals surface area (Å²) in [7, 11) is 1.70. The highest BCUT2D eigenvalue weighted by Crippen LogP contribution is 2.19. The van der Waals surface area contributed by atoms with Gasteiger partial charge in [-0.2, -0.15) is 0 Å². The number of rotatable bonds is 3. The van der Waals surface area contributed by atoms with Crippen LogP contribution in [0.5, 0.6) is 5.75 Å². The summed E-state index contributed by atoms with van der Waals surface area (Å²) < 4.78 is 10.9. The van der Waals surface area contributed by atoms with Crippen LogP contribution >= 0.6 is 0 Å². The Balaban J connectivity index is 2.01. The van der Waals surface area contributed by atoms with Gasteiger partial charge >= 0.3 is 0 Å². The molecular weight excluding hydrogens is 202 g/mol. The first-order chi connectivity index (χ1) is 7.79. The average Bonchev–Trinajstić information content (AvgIpc) is 2.31. The van der Waals surface area contributed by atoms with E-state index in [2.05, 4.69) is 24.4 Å². The van der Waals surface area contributed by atoms with Gasteiger partial charge in [-0.3, -0.25) is 0 Å². The summed E-state index contributed by atoms with van der Waals surface area (Å²) in [6.45, 7) is 4.81. The van der Waals surface area contributed by atoms with Gasteiger partial charge in [0.2, 0.25) is 0 Å². The molecule has 1 heterocycles. The average molecular weight is 221 g/mol. The Morgan fingerprint density at radius 1 is 1.50 bits per heavy atom. The van der Waals surface area contributed by atoms with Gasteiger partial charge in [-0.1, -0.05) is 12.1 Å². The summed E-state index contributed by atoms with van der Waals surface area (Å²) in [6, 6.07) is 6.32. The zero-order valence-electron chi connectivity index (χ0n) is 9.95. The summed E-state index contributed by atoms with van der Waals surface area (Å²) in [5.41, 5.74) is 2.50. The van der Waals surface area contributed by atoms with Gasteiger partial charge in [-0.05, 0) is 30.5 Å². The predicted octanol–water partition coefficient (Wildman–Crippen LogP) is 1.53. The number of benzene rings is 1. The van der Waals surface area contributed by atoms with Gasteiger partial charge in [-0.25, -0.2) is 0 Å². The maximum atomic E-state index is 5.68. The van der Waals surface area contributed by atoms with Crippen molar-refractivity contribution in [1.29, 1.82) is 0 Å². The molecule has 0 aromatic heterocycles. The number of hydrogen-bond acceptors (Lipinski definition) is 3.